The van der Waals surface area contributed by atoms with Crippen molar-refractivity contribution in [2.45, 2.75) is 19.1 Å². The molecule has 0 saturated heterocycles. The van der Waals surface area contributed by atoms with Crippen LogP contribution < -0.4 is 19.9 Å². The van der Waals surface area contributed by atoms with Gasteiger partial charge >= 0.3 is 11.9 Å². The first-order valence-electron chi connectivity index (χ1n) is 11.3. The van der Waals surface area contributed by atoms with Crippen molar-refractivity contribution in [2.24, 2.45) is 0 Å². The molecule has 2 aromatic carbocycles. The molecule has 0 aliphatic heterocycles. The van der Waals surface area contributed by atoms with Crippen LogP contribution in [0.3, 0.4) is 0 Å². The van der Waals surface area contributed by atoms with Gasteiger partial charge in [0.15, 0.2) is 17.1 Å². The molecule has 1 atom stereocenters. The zero-order valence-electron chi connectivity index (χ0n) is 20.6. The number of fused-ring (bicyclic) bond motifs is 1. The van der Waals surface area contributed by atoms with Crippen LogP contribution in [0, 0.1) is 0 Å². The highest BCUT2D eigenvalue weighted by Gasteiger charge is 2.34. The molecule has 0 aliphatic carbocycles. The molecule has 38 heavy (non-hydrogen) atoms. The summed E-state index contributed by atoms with van der Waals surface area (Å²) >= 11 is 0. The summed E-state index contributed by atoms with van der Waals surface area (Å²) in [5.74, 6) is -0.119. The van der Waals surface area contributed by atoms with Gasteiger partial charge in [-0.3, -0.25) is 4.57 Å². The van der Waals surface area contributed by atoms with Crippen LogP contribution in [0.1, 0.15) is 24.1 Å². The van der Waals surface area contributed by atoms with Gasteiger partial charge in [0.25, 0.3) is 0 Å². The van der Waals surface area contributed by atoms with Gasteiger partial charge in [-0.1, -0.05) is 18.2 Å². The predicted molar refractivity (Wildman–Crippen MR) is 134 cm³/mol. The Bertz CT molecular complexity index is 1630. The number of hydrogen-bond donors (Lipinski definition) is 1. The summed E-state index contributed by atoms with van der Waals surface area (Å²) in [6, 6.07) is 9.84. The van der Waals surface area contributed by atoms with Crippen molar-refractivity contribution in [3.8, 4) is 23.0 Å². The Hall–Kier alpha value is -4.00. The van der Waals surface area contributed by atoms with Gasteiger partial charge in [0.1, 0.15) is 21.3 Å². The second-order valence-electron chi connectivity index (χ2n) is 8.39. The zero-order chi connectivity index (χ0) is 27.7. The van der Waals surface area contributed by atoms with E-state index >= 15 is 0 Å². The van der Waals surface area contributed by atoms with E-state index in [0.717, 1.165) is 18.5 Å². The van der Waals surface area contributed by atoms with Crippen molar-refractivity contribution in [1.29, 1.82) is 0 Å². The molecule has 4 aromatic rings. The maximum absolute atomic E-state index is 13.4. The lowest BCUT2D eigenvalue weighted by Crippen LogP contribution is -2.28. The first-order chi connectivity index (χ1) is 17.9. The van der Waals surface area contributed by atoms with E-state index in [1.807, 2.05) is 0 Å². The van der Waals surface area contributed by atoms with E-state index in [1.54, 1.807) is 25.1 Å². The van der Waals surface area contributed by atoms with E-state index in [9.17, 15) is 26.4 Å². The normalized spacial score (nSPS) is 12.9. The monoisotopic (exact) mass is 551 g/mol. The van der Waals surface area contributed by atoms with E-state index < -0.39 is 44.8 Å². The fourth-order valence-electron chi connectivity index (χ4n) is 4.03. The zero-order valence-corrected chi connectivity index (χ0v) is 21.4. The third kappa shape index (κ3) is 5.77. The molecule has 2 heterocycles. The van der Waals surface area contributed by atoms with E-state index in [1.165, 1.54) is 35.9 Å². The van der Waals surface area contributed by atoms with Gasteiger partial charge < -0.3 is 19.2 Å². The lowest BCUT2D eigenvalue weighted by Gasteiger charge is -2.20. The molecule has 2 aromatic heterocycles. The van der Waals surface area contributed by atoms with Crippen molar-refractivity contribution in [3.05, 3.63) is 76.3 Å². The van der Waals surface area contributed by atoms with Crippen LogP contribution in [0.2, 0.25) is 0 Å². The lowest BCUT2D eigenvalue weighted by atomic mass is 10.1. The van der Waals surface area contributed by atoms with Gasteiger partial charge in [0.05, 0.1) is 42.8 Å². The molecule has 1 N–H and O–H groups in total. The standard InChI is InChI=1S/C25H24F3N3O6S/c1-4-36-22-11-15(9-10-21(22)35-2)19(14-38(3,33)34)31-23-18(30-24(31)32)12-16(13-29-23)37-20-8-6-5-7-17(20)25(26,27)28/h5-13,19H,4,14H2,1-3H3,(H,30,32)/t19-/m0/s1. The first-order valence-corrected chi connectivity index (χ1v) is 13.4. The third-order valence-corrected chi connectivity index (χ3v) is 6.52. The van der Waals surface area contributed by atoms with Crippen molar-refractivity contribution < 1.29 is 35.8 Å². The quantitative estimate of drug-likeness (QED) is 0.324. The molecule has 0 radical (unpaired) electrons. The summed E-state index contributed by atoms with van der Waals surface area (Å²) in [4.78, 5) is 19.9. The number of para-hydroxylation sites is 1. The number of sulfone groups is 1. The van der Waals surface area contributed by atoms with E-state index in [4.69, 9.17) is 14.2 Å². The molecule has 0 spiro atoms. The lowest BCUT2D eigenvalue weighted by molar-refractivity contribution is -0.138. The largest absolute Gasteiger partial charge is 0.493 e. The van der Waals surface area contributed by atoms with Crippen molar-refractivity contribution >= 4 is 21.0 Å². The van der Waals surface area contributed by atoms with Crippen LogP contribution in [0.4, 0.5) is 13.2 Å². The average Bonchev–Trinajstić information content (AvgIpc) is 3.16. The predicted octanol–water partition coefficient (Wildman–Crippen LogP) is 4.58. The molecule has 0 bridgehead atoms. The smallest absolute Gasteiger partial charge is 0.419 e. The fourth-order valence-corrected chi connectivity index (χ4v) is 4.95. The number of halogens is 3. The third-order valence-electron chi connectivity index (χ3n) is 5.60. The molecular weight excluding hydrogens is 527 g/mol. The summed E-state index contributed by atoms with van der Waals surface area (Å²) in [5, 5.41) is 0. The number of alkyl halides is 3. The summed E-state index contributed by atoms with van der Waals surface area (Å²) in [6.45, 7) is 2.10. The summed E-state index contributed by atoms with van der Waals surface area (Å²) < 4.78 is 82.3. The number of methoxy groups -OCH3 is 1. The molecular formula is C25H24F3N3O6S. The Kier molecular flexibility index (Phi) is 7.40. The molecule has 0 fully saturated rings. The molecule has 13 heteroatoms. The minimum absolute atomic E-state index is 0.0506. The number of H-pyrrole nitrogens is 1. The highest BCUT2D eigenvalue weighted by Crippen LogP contribution is 2.38. The minimum Gasteiger partial charge on any atom is -0.493 e. The number of nitrogens with one attached hydrogen (secondary N) is 1. The SMILES string of the molecule is CCOc1cc([C@H](CS(C)(=O)=O)n2c(=O)[nH]c3cc(Oc4ccccc4C(F)(F)F)cnc32)ccc1OC. The van der Waals surface area contributed by atoms with Crippen LogP contribution in [0.5, 0.6) is 23.0 Å². The van der Waals surface area contributed by atoms with Crippen molar-refractivity contribution in [3.63, 3.8) is 0 Å². The van der Waals surface area contributed by atoms with Gasteiger partial charge in [-0.05, 0) is 36.8 Å². The Labute approximate surface area is 215 Å². The molecule has 0 aliphatic rings. The van der Waals surface area contributed by atoms with Crippen molar-refractivity contribution in [2.75, 3.05) is 25.7 Å². The van der Waals surface area contributed by atoms with Gasteiger partial charge in [-0.25, -0.2) is 18.2 Å². The number of ether oxygens (including phenoxy) is 3. The van der Waals surface area contributed by atoms with Crippen LogP contribution >= 0.6 is 0 Å². The highest BCUT2D eigenvalue weighted by atomic mass is 32.2. The maximum Gasteiger partial charge on any atom is 0.419 e. The number of hydrogen-bond acceptors (Lipinski definition) is 7. The average molecular weight is 552 g/mol. The topological polar surface area (TPSA) is 113 Å². The number of aromatic amines is 1. The van der Waals surface area contributed by atoms with Gasteiger partial charge in [-0.15, -0.1) is 0 Å². The van der Waals surface area contributed by atoms with Crippen LogP contribution in [-0.2, 0) is 16.0 Å². The van der Waals surface area contributed by atoms with Gasteiger partial charge in [0.2, 0.25) is 0 Å². The van der Waals surface area contributed by atoms with Crippen LogP contribution in [-0.4, -0.2) is 48.7 Å². The Morgan fingerprint density at radius 2 is 1.82 bits per heavy atom. The number of benzene rings is 2. The molecule has 0 saturated carbocycles. The second kappa shape index (κ2) is 10.4. The van der Waals surface area contributed by atoms with E-state index in [-0.39, 0.29) is 16.9 Å². The van der Waals surface area contributed by atoms with Gasteiger partial charge in [-0.2, -0.15) is 13.2 Å². The summed E-state index contributed by atoms with van der Waals surface area (Å²) in [5.41, 5.74) is -0.946. The van der Waals surface area contributed by atoms with Gasteiger partial charge in [0, 0.05) is 12.3 Å². The molecule has 202 valence electrons. The highest BCUT2D eigenvalue weighted by molar-refractivity contribution is 7.90. The van der Waals surface area contributed by atoms with Crippen LogP contribution in [0.15, 0.2) is 59.5 Å². The van der Waals surface area contributed by atoms with E-state index in [2.05, 4.69) is 9.97 Å². The number of nitrogens with zero attached hydrogens (tertiary/aromatic N) is 2. The fraction of sp³-hybridized carbons (Fsp3) is 0.280. The van der Waals surface area contributed by atoms with Crippen LogP contribution in [0.25, 0.3) is 11.2 Å². The minimum atomic E-state index is -4.64. The summed E-state index contributed by atoms with van der Waals surface area (Å²) in [7, 11) is -2.13. The molecule has 9 nitrogen and oxygen atoms in total. The maximum atomic E-state index is 13.4. The Morgan fingerprint density at radius 1 is 1.08 bits per heavy atom. The molecule has 0 unspecified atom stereocenters. The Balaban J connectivity index is 1.80. The first kappa shape index (κ1) is 27.0. The molecule has 4 rings (SSSR count). The second-order valence-corrected chi connectivity index (χ2v) is 10.6. The number of rotatable bonds is 9. The summed E-state index contributed by atoms with van der Waals surface area (Å²) in [6.07, 6.45) is -2.43. The molecule has 0 amide bonds. The Morgan fingerprint density at radius 3 is 2.47 bits per heavy atom. The number of aromatic nitrogens is 3. The number of imidazole rings is 1. The van der Waals surface area contributed by atoms with E-state index in [0.29, 0.717) is 23.7 Å². The van der Waals surface area contributed by atoms with Crippen molar-refractivity contribution in [1.82, 2.24) is 14.5 Å². The number of pyridine rings is 1.